The van der Waals surface area contributed by atoms with E-state index in [1.165, 1.54) is 12.4 Å². The summed E-state index contributed by atoms with van der Waals surface area (Å²) in [6.45, 7) is 1.91. The lowest BCUT2D eigenvalue weighted by Crippen LogP contribution is -2.50. The Labute approximate surface area is 153 Å². The summed E-state index contributed by atoms with van der Waals surface area (Å²) < 4.78 is 33.2. The van der Waals surface area contributed by atoms with Crippen LogP contribution in [0.3, 0.4) is 0 Å². The molecule has 8 nitrogen and oxygen atoms in total. The monoisotopic (exact) mass is 374 g/mol. The zero-order valence-electron chi connectivity index (χ0n) is 14.3. The molecule has 1 saturated heterocycles. The van der Waals surface area contributed by atoms with Gasteiger partial charge in [-0.3, -0.25) is 4.79 Å². The minimum atomic E-state index is -0.830. The van der Waals surface area contributed by atoms with E-state index in [-0.39, 0.29) is 18.3 Å². The average Bonchev–Trinajstić information content (AvgIpc) is 3.15. The van der Waals surface area contributed by atoms with Crippen molar-refractivity contribution in [3.63, 3.8) is 0 Å². The molecule has 10 heteroatoms. The zero-order chi connectivity index (χ0) is 18.8. The van der Waals surface area contributed by atoms with Crippen LogP contribution in [0.15, 0.2) is 36.7 Å². The summed E-state index contributed by atoms with van der Waals surface area (Å²) in [7, 11) is 0. The Morgan fingerprint density at radius 1 is 1.11 bits per heavy atom. The molecule has 140 valence electrons. The van der Waals surface area contributed by atoms with Crippen molar-refractivity contribution in [2.75, 3.05) is 37.7 Å². The lowest BCUT2D eigenvalue weighted by Gasteiger charge is -2.35. The van der Waals surface area contributed by atoms with Crippen molar-refractivity contribution in [1.82, 2.24) is 24.7 Å². The molecular weight excluding hydrogens is 358 g/mol. The highest BCUT2D eigenvalue weighted by atomic mass is 19.1. The van der Waals surface area contributed by atoms with E-state index in [1.807, 2.05) is 12.1 Å². The second-order valence-corrected chi connectivity index (χ2v) is 6.06. The van der Waals surface area contributed by atoms with Gasteiger partial charge in [0.15, 0.2) is 23.8 Å². The van der Waals surface area contributed by atoms with E-state index in [4.69, 9.17) is 4.74 Å². The second-order valence-electron chi connectivity index (χ2n) is 6.06. The average molecular weight is 374 g/mol. The summed E-state index contributed by atoms with van der Waals surface area (Å²) in [4.78, 5) is 16.0. The summed E-state index contributed by atoms with van der Waals surface area (Å²) >= 11 is 0. The van der Waals surface area contributed by atoms with Gasteiger partial charge in [0.1, 0.15) is 18.0 Å². The Balaban J connectivity index is 1.32. The van der Waals surface area contributed by atoms with Crippen LogP contribution in [0.25, 0.3) is 5.65 Å². The van der Waals surface area contributed by atoms with Gasteiger partial charge in [-0.25, -0.2) is 8.78 Å². The largest absolute Gasteiger partial charge is 0.481 e. The molecule has 0 unspecified atom stereocenters. The first-order valence-electron chi connectivity index (χ1n) is 8.38. The van der Waals surface area contributed by atoms with Crippen LogP contribution in [0.2, 0.25) is 0 Å². The standard InChI is InChI=1S/C17H16F2N6O2/c18-12-1-2-14(13(19)9-12)27-10-17(26)24-7-5-23(6-8-24)16-4-3-15-21-20-11-25(15)22-16/h1-4,9,11H,5-8,10H2. The first-order chi connectivity index (χ1) is 13.1. The molecule has 0 bridgehead atoms. The van der Waals surface area contributed by atoms with Crippen LogP contribution in [0.5, 0.6) is 5.75 Å². The number of carbonyl (C=O) groups is 1. The Hall–Kier alpha value is -3.30. The number of rotatable bonds is 4. The Kier molecular flexibility index (Phi) is 4.53. The number of amides is 1. The van der Waals surface area contributed by atoms with E-state index >= 15 is 0 Å². The summed E-state index contributed by atoms with van der Waals surface area (Å²) in [5.41, 5.74) is 0.665. The first-order valence-corrected chi connectivity index (χ1v) is 8.38. The molecule has 0 aliphatic carbocycles. The molecule has 0 spiro atoms. The number of nitrogens with zero attached hydrogens (tertiary/aromatic N) is 6. The molecular formula is C17H16F2N6O2. The third-order valence-corrected chi connectivity index (χ3v) is 4.35. The number of fused-ring (bicyclic) bond motifs is 1. The molecule has 4 rings (SSSR count). The van der Waals surface area contributed by atoms with Crippen molar-refractivity contribution in [3.05, 3.63) is 48.3 Å². The molecule has 27 heavy (non-hydrogen) atoms. The Morgan fingerprint density at radius 3 is 2.70 bits per heavy atom. The van der Waals surface area contributed by atoms with Crippen molar-refractivity contribution in [2.24, 2.45) is 0 Å². The molecule has 1 aromatic carbocycles. The summed E-state index contributed by atoms with van der Waals surface area (Å²) in [6.07, 6.45) is 1.53. The fourth-order valence-electron chi connectivity index (χ4n) is 2.90. The SMILES string of the molecule is O=C(COc1ccc(F)cc1F)N1CCN(c2ccc3nncn3n2)CC1. The van der Waals surface area contributed by atoms with Gasteiger partial charge in [-0.05, 0) is 24.3 Å². The molecule has 1 aliphatic heterocycles. The minimum absolute atomic E-state index is 0.144. The molecule has 1 amide bonds. The number of halogens is 2. The normalized spacial score (nSPS) is 14.6. The number of piperazine rings is 1. The highest BCUT2D eigenvalue weighted by molar-refractivity contribution is 5.78. The fourth-order valence-corrected chi connectivity index (χ4v) is 2.90. The topological polar surface area (TPSA) is 75.9 Å². The van der Waals surface area contributed by atoms with E-state index in [1.54, 1.807) is 9.42 Å². The van der Waals surface area contributed by atoms with Crippen LogP contribution >= 0.6 is 0 Å². The first kappa shape index (κ1) is 17.1. The molecule has 0 N–H and O–H groups in total. The number of aromatic nitrogens is 4. The highest BCUT2D eigenvalue weighted by Crippen LogP contribution is 2.18. The van der Waals surface area contributed by atoms with Crippen molar-refractivity contribution >= 4 is 17.4 Å². The number of hydrogen-bond donors (Lipinski definition) is 0. The van der Waals surface area contributed by atoms with Gasteiger partial charge >= 0.3 is 0 Å². The van der Waals surface area contributed by atoms with E-state index in [0.717, 1.165) is 18.0 Å². The zero-order valence-corrected chi connectivity index (χ0v) is 14.3. The molecule has 2 aromatic heterocycles. The maximum absolute atomic E-state index is 13.6. The van der Waals surface area contributed by atoms with E-state index < -0.39 is 11.6 Å². The van der Waals surface area contributed by atoms with Crippen LogP contribution in [-0.4, -0.2) is 63.4 Å². The van der Waals surface area contributed by atoms with Gasteiger partial charge in [0.25, 0.3) is 5.91 Å². The fraction of sp³-hybridized carbons (Fsp3) is 0.294. The summed E-state index contributed by atoms with van der Waals surface area (Å²) in [5.74, 6) is -1.14. The number of carbonyl (C=O) groups excluding carboxylic acids is 1. The van der Waals surface area contributed by atoms with Crippen LogP contribution in [0.4, 0.5) is 14.6 Å². The lowest BCUT2D eigenvalue weighted by molar-refractivity contribution is -0.133. The predicted octanol–water partition coefficient (Wildman–Crippen LogP) is 1.13. The van der Waals surface area contributed by atoms with E-state index in [2.05, 4.69) is 20.2 Å². The number of ether oxygens (including phenoxy) is 1. The smallest absolute Gasteiger partial charge is 0.260 e. The van der Waals surface area contributed by atoms with Crippen LogP contribution in [0, 0.1) is 11.6 Å². The van der Waals surface area contributed by atoms with Gasteiger partial charge in [0.05, 0.1) is 0 Å². The van der Waals surface area contributed by atoms with Crippen molar-refractivity contribution in [1.29, 1.82) is 0 Å². The van der Waals surface area contributed by atoms with E-state index in [9.17, 15) is 13.6 Å². The molecule has 1 aliphatic rings. The molecule has 3 aromatic rings. The van der Waals surface area contributed by atoms with Crippen molar-refractivity contribution < 1.29 is 18.3 Å². The molecule has 0 radical (unpaired) electrons. The summed E-state index contributed by atoms with van der Waals surface area (Å²) in [5, 5.41) is 12.1. The molecule has 1 fully saturated rings. The number of benzene rings is 1. The van der Waals surface area contributed by atoms with Gasteiger partial charge in [0, 0.05) is 32.2 Å². The van der Waals surface area contributed by atoms with Gasteiger partial charge in [0.2, 0.25) is 0 Å². The molecule has 0 atom stereocenters. The van der Waals surface area contributed by atoms with Crippen LogP contribution in [0.1, 0.15) is 0 Å². The van der Waals surface area contributed by atoms with E-state index in [0.29, 0.717) is 31.8 Å². The number of hydrogen-bond acceptors (Lipinski definition) is 6. The third-order valence-electron chi connectivity index (χ3n) is 4.35. The van der Waals surface area contributed by atoms with Crippen molar-refractivity contribution in [3.8, 4) is 5.75 Å². The molecule has 0 saturated carbocycles. The maximum atomic E-state index is 13.6. The predicted molar refractivity (Wildman–Crippen MR) is 91.4 cm³/mol. The van der Waals surface area contributed by atoms with Gasteiger partial charge in [-0.15, -0.1) is 15.3 Å². The lowest BCUT2D eigenvalue weighted by atomic mass is 10.3. The quantitative estimate of drug-likeness (QED) is 0.682. The van der Waals surface area contributed by atoms with Gasteiger partial charge < -0.3 is 14.5 Å². The van der Waals surface area contributed by atoms with Gasteiger partial charge in [-0.2, -0.15) is 4.52 Å². The van der Waals surface area contributed by atoms with Gasteiger partial charge in [-0.1, -0.05) is 0 Å². The highest BCUT2D eigenvalue weighted by Gasteiger charge is 2.23. The summed E-state index contributed by atoms with van der Waals surface area (Å²) in [6, 6.07) is 6.67. The second kappa shape index (κ2) is 7.14. The Bertz CT molecular complexity index is 971. The third kappa shape index (κ3) is 3.64. The van der Waals surface area contributed by atoms with Crippen LogP contribution < -0.4 is 9.64 Å². The maximum Gasteiger partial charge on any atom is 0.260 e. The molecule has 3 heterocycles. The Morgan fingerprint density at radius 2 is 1.93 bits per heavy atom. The van der Waals surface area contributed by atoms with Crippen molar-refractivity contribution in [2.45, 2.75) is 0 Å². The number of anilines is 1. The minimum Gasteiger partial charge on any atom is -0.481 e. The van der Waals surface area contributed by atoms with Crippen LogP contribution in [-0.2, 0) is 4.79 Å².